The van der Waals surface area contributed by atoms with Crippen LogP contribution in [-0.4, -0.2) is 62.8 Å². The SMILES string of the molecule is CO.CO.Cc1ccccc1-c1ccnc(-c2[c-]cccc2)c1.Cc1ccccc1-c1ccnc(-c2ccccc2)c1.O=S(=O)([O-])C(F)(F)F.[Ir].[Ir].[c-]1ccccc1-c1ccccn1.[c-]1ccccc1-c1ccccn1. The first-order chi connectivity index (χ1) is 35.9. The monoisotopic (exact) mass is 1400 g/mol. The molecule has 76 heavy (non-hydrogen) atoms. The fraction of sp³-hybridized carbons (Fsp3) is 0.0820. The molecule has 4 aromatic heterocycles. The third-order valence-corrected chi connectivity index (χ3v) is 10.6. The molecule has 15 heteroatoms. The molecule has 0 aliphatic carbocycles. The summed E-state index contributed by atoms with van der Waals surface area (Å²) in [5.41, 5.74) is 10.0. The van der Waals surface area contributed by atoms with Crippen molar-refractivity contribution in [2.45, 2.75) is 19.4 Å². The number of halogens is 3. The van der Waals surface area contributed by atoms with E-state index in [2.05, 4.69) is 137 Å². The van der Waals surface area contributed by atoms with Gasteiger partial charge in [-0.1, -0.05) is 109 Å². The molecule has 0 aliphatic heterocycles. The Balaban J connectivity index is 0.000000327. The fourth-order valence-electron chi connectivity index (χ4n) is 6.61. The average Bonchev–Trinajstić information content (AvgIpc) is 3.46. The molecule has 0 unspecified atom stereocenters. The fourth-order valence-corrected chi connectivity index (χ4v) is 6.61. The van der Waals surface area contributed by atoms with Crippen LogP contribution in [0.4, 0.5) is 13.2 Å². The smallest absolute Gasteiger partial charge is 0.485 e. The zero-order valence-electron chi connectivity index (χ0n) is 41.6. The number of alkyl halides is 3. The molecular formula is C61H53F3Ir2N4O5S-4. The number of aliphatic hydroxyl groups is 2. The zero-order valence-corrected chi connectivity index (χ0v) is 47.2. The van der Waals surface area contributed by atoms with E-state index in [4.69, 9.17) is 23.2 Å². The molecular weight excluding hydrogens is 1340 g/mol. The Morgan fingerprint density at radius 1 is 0.408 bits per heavy atom. The molecule has 0 aliphatic rings. The van der Waals surface area contributed by atoms with Crippen molar-refractivity contribution < 1.29 is 76.6 Å². The minimum atomic E-state index is -6.09. The summed E-state index contributed by atoms with van der Waals surface area (Å²) in [5.74, 6) is 0. The predicted molar refractivity (Wildman–Crippen MR) is 288 cm³/mol. The molecule has 0 saturated carbocycles. The number of nitrogens with zero attached hydrogens (tertiary/aromatic N) is 4. The summed E-state index contributed by atoms with van der Waals surface area (Å²) in [6.45, 7) is 4.27. The summed E-state index contributed by atoms with van der Waals surface area (Å²) >= 11 is 0. The molecule has 0 fully saturated rings. The van der Waals surface area contributed by atoms with Crippen LogP contribution in [0, 0.1) is 32.0 Å². The van der Waals surface area contributed by atoms with Gasteiger partial charge in [0.25, 0.3) is 0 Å². The maximum Gasteiger partial charge on any atom is 0.485 e. The molecule has 2 radical (unpaired) electrons. The third kappa shape index (κ3) is 21.6. The molecule has 4 heterocycles. The normalized spacial score (nSPS) is 9.87. The van der Waals surface area contributed by atoms with Crippen molar-refractivity contribution in [1.82, 2.24) is 19.9 Å². The van der Waals surface area contributed by atoms with E-state index in [0.29, 0.717) is 0 Å². The molecule has 0 amide bonds. The van der Waals surface area contributed by atoms with E-state index in [1.165, 1.54) is 33.4 Å². The second-order valence-corrected chi connectivity index (χ2v) is 16.4. The first-order valence-electron chi connectivity index (χ1n) is 22.6. The Hall–Kier alpha value is -7.16. The molecule has 0 bridgehead atoms. The summed E-state index contributed by atoms with van der Waals surface area (Å²) in [4.78, 5) is 17.3. The van der Waals surface area contributed by atoms with Crippen LogP contribution in [0.1, 0.15) is 11.1 Å². The minimum absolute atomic E-state index is 0. The summed E-state index contributed by atoms with van der Waals surface area (Å²) in [7, 11) is -4.09. The van der Waals surface area contributed by atoms with E-state index < -0.39 is 15.6 Å². The average molecular weight is 1400 g/mol. The molecule has 0 spiro atoms. The van der Waals surface area contributed by atoms with Crippen LogP contribution < -0.4 is 0 Å². The van der Waals surface area contributed by atoms with Crippen LogP contribution in [0.3, 0.4) is 0 Å². The Morgan fingerprint density at radius 2 is 0.737 bits per heavy atom. The molecule has 0 saturated heterocycles. The van der Waals surface area contributed by atoms with Gasteiger partial charge in [-0.3, -0.25) is 4.98 Å². The van der Waals surface area contributed by atoms with Crippen LogP contribution >= 0.6 is 0 Å². The van der Waals surface area contributed by atoms with Crippen molar-refractivity contribution in [1.29, 1.82) is 0 Å². The van der Waals surface area contributed by atoms with E-state index in [1.807, 2.05) is 140 Å². The van der Waals surface area contributed by atoms with Gasteiger partial charge in [0, 0.05) is 84.8 Å². The van der Waals surface area contributed by atoms with Gasteiger partial charge in [0.15, 0.2) is 10.1 Å². The molecule has 10 aromatic rings. The Morgan fingerprint density at radius 3 is 1.09 bits per heavy atom. The Labute approximate surface area is 470 Å². The number of aryl methyl sites for hydroxylation is 2. The second-order valence-electron chi connectivity index (χ2n) is 15.0. The van der Waals surface area contributed by atoms with Gasteiger partial charge >= 0.3 is 5.51 Å². The molecule has 10 rings (SSSR count). The first-order valence-corrected chi connectivity index (χ1v) is 24.0. The van der Waals surface area contributed by atoms with Crippen LogP contribution in [0.5, 0.6) is 0 Å². The van der Waals surface area contributed by atoms with Crippen molar-refractivity contribution in [3.8, 4) is 67.3 Å². The third-order valence-electron chi connectivity index (χ3n) is 10.1. The number of hydrogen-bond donors (Lipinski definition) is 2. The van der Waals surface area contributed by atoms with Crippen molar-refractivity contribution in [3.05, 3.63) is 266 Å². The van der Waals surface area contributed by atoms with Crippen molar-refractivity contribution >= 4 is 10.1 Å². The van der Waals surface area contributed by atoms with Gasteiger partial charge in [-0.05, 0) is 94.6 Å². The number of benzene rings is 6. The van der Waals surface area contributed by atoms with Crippen molar-refractivity contribution in [3.63, 3.8) is 0 Å². The van der Waals surface area contributed by atoms with E-state index in [-0.39, 0.29) is 40.2 Å². The second kappa shape index (κ2) is 35.2. The number of rotatable bonds is 6. The van der Waals surface area contributed by atoms with Gasteiger partial charge in [0.1, 0.15) is 0 Å². The van der Waals surface area contributed by atoms with Crippen LogP contribution in [0.15, 0.2) is 237 Å². The molecule has 396 valence electrons. The Bertz CT molecular complexity index is 2970. The topological polar surface area (TPSA) is 149 Å². The largest absolute Gasteiger partial charge is 0.741 e. The molecule has 2 N–H and O–H groups in total. The zero-order chi connectivity index (χ0) is 53.6. The van der Waals surface area contributed by atoms with E-state index in [9.17, 15) is 13.2 Å². The number of pyridine rings is 4. The summed E-state index contributed by atoms with van der Waals surface area (Å²) in [6, 6.07) is 80.3. The molecule has 6 aromatic carbocycles. The van der Waals surface area contributed by atoms with E-state index in [0.717, 1.165) is 59.2 Å². The van der Waals surface area contributed by atoms with Crippen LogP contribution in [0.25, 0.3) is 67.3 Å². The van der Waals surface area contributed by atoms with Gasteiger partial charge < -0.3 is 29.7 Å². The van der Waals surface area contributed by atoms with Crippen LogP contribution in [-0.2, 0) is 50.3 Å². The number of aliphatic hydroxyl groups excluding tert-OH is 2. The summed E-state index contributed by atoms with van der Waals surface area (Å²) < 4.78 is 58.9. The van der Waals surface area contributed by atoms with Gasteiger partial charge in [0.2, 0.25) is 0 Å². The van der Waals surface area contributed by atoms with E-state index >= 15 is 0 Å². The minimum Gasteiger partial charge on any atom is -0.741 e. The quantitative estimate of drug-likeness (QED) is 0.0942. The standard InChI is InChI=1S/C18H15N.C18H14N.2C11H8N.CHF3O3S.2CH4O.2Ir/c2*1-14-7-5-6-10-17(14)16-11-12-19-18(13-16)15-8-3-2-4-9-15;2*1-2-6-10(7-3-1)11-8-4-5-9-12-11;2-1(3,4)8(5,6)7;2*1-2;;/h2-13H,1H3;2-8,10-13H,1H3;2*1-6,8-9H;(H,5,6,7);2*2H,1H3;;/q;3*-1;;;;;/p-1. The van der Waals surface area contributed by atoms with Gasteiger partial charge in [0.05, 0.1) is 5.69 Å². The van der Waals surface area contributed by atoms with Crippen LogP contribution in [0.2, 0.25) is 0 Å². The van der Waals surface area contributed by atoms with Crippen molar-refractivity contribution in [2.75, 3.05) is 14.2 Å². The summed E-state index contributed by atoms with van der Waals surface area (Å²) in [5, 5.41) is 14.0. The summed E-state index contributed by atoms with van der Waals surface area (Å²) in [6.07, 6.45) is 7.31. The number of hydrogen-bond acceptors (Lipinski definition) is 9. The molecule has 0 atom stereocenters. The predicted octanol–water partition coefficient (Wildman–Crippen LogP) is 13.6. The Kier molecular flexibility index (Phi) is 30.1. The van der Waals surface area contributed by atoms with Gasteiger partial charge in [-0.25, -0.2) is 8.42 Å². The van der Waals surface area contributed by atoms with Gasteiger partial charge in [-0.2, -0.15) is 13.2 Å². The maximum absolute atomic E-state index is 10.7. The molecule has 9 nitrogen and oxygen atoms in total. The maximum atomic E-state index is 10.7. The van der Waals surface area contributed by atoms with Gasteiger partial charge in [-0.15, -0.1) is 108 Å². The van der Waals surface area contributed by atoms with Crippen molar-refractivity contribution in [2.24, 2.45) is 0 Å². The number of aromatic nitrogens is 4. The first kappa shape index (κ1) is 65.0. The van der Waals surface area contributed by atoms with E-state index in [1.54, 1.807) is 12.4 Å².